The molecule has 180 valence electrons. The lowest BCUT2D eigenvalue weighted by molar-refractivity contribution is -0.119. The molecule has 0 spiro atoms. The zero-order chi connectivity index (χ0) is 24.5. The van der Waals surface area contributed by atoms with E-state index in [2.05, 4.69) is 6.58 Å². The minimum absolute atomic E-state index is 0.00739. The van der Waals surface area contributed by atoms with Crippen LogP contribution in [0.2, 0.25) is 0 Å². The van der Waals surface area contributed by atoms with Gasteiger partial charge in [0.15, 0.2) is 5.12 Å². The summed E-state index contributed by atoms with van der Waals surface area (Å²) in [5, 5.41) is 10.8. The van der Waals surface area contributed by atoms with Crippen LogP contribution in [0.3, 0.4) is 0 Å². The van der Waals surface area contributed by atoms with Crippen molar-refractivity contribution >= 4 is 16.9 Å². The van der Waals surface area contributed by atoms with Crippen molar-refractivity contribution in [2.75, 3.05) is 14.2 Å². The molecule has 0 saturated heterocycles. The Morgan fingerprint density at radius 3 is 2.19 bits per heavy atom. The Kier molecular flexibility index (Phi) is 11.5. The van der Waals surface area contributed by atoms with Crippen LogP contribution in [-0.4, -0.2) is 47.5 Å². The van der Waals surface area contributed by atoms with Crippen molar-refractivity contribution in [3.63, 3.8) is 0 Å². The van der Waals surface area contributed by atoms with Crippen molar-refractivity contribution in [2.45, 2.75) is 71.0 Å². The van der Waals surface area contributed by atoms with Crippen molar-refractivity contribution in [3.05, 3.63) is 48.6 Å². The van der Waals surface area contributed by atoms with Gasteiger partial charge in [0, 0.05) is 24.2 Å². The number of hydrogen-bond donors (Lipinski definition) is 1. The van der Waals surface area contributed by atoms with E-state index in [0.29, 0.717) is 6.42 Å². The van der Waals surface area contributed by atoms with Gasteiger partial charge in [-0.15, -0.1) is 0 Å². The van der Waals surface area contributed by atoms with Gasteiger partial charge in [0.25, 0.3) is 0 Å². The molecule has 0 amide bonds. The molecule has 0 aromatic heterocycles. The lowest BCUT2D eigenvalue weighted by Gasteiger charge is -2.30. The Bertz CT molecular complexity index is 750. The van der Waals surface area contributed by atoms with Crippen LogP contribution in [0.4, 0.5) is 0 Å². The predicted molar refractivity (Wildman–Crippen MR) is 133 cm³/mol. The number of methoxy groups -OCH3 is 2. The summed E-state index contributed by atoms with van der Waals surface area (Å²) in [4.78, 5) is 12.5. The molecule has 0 saturated carbocycles. The molecule has 0 aliphatic heterocycles. The van der Waals surface area contributed by atoms with Crippen LogP contribution in [0.1, 0.15) is 48.0 Å². The molecule has 5 atom stereocenters. The fourth-order valence-corrected chi connectivity index (χ4v) is 4.22. The van der Waals surface area contributed by atoms with Crippen molar-refractivity contribution in [1.82, 2.24) is 0 Å². The van der Waals surface area contributed by atoms with Crippen LogP contribution in [0.25, 0.3) is 0 Å². The highest BCUT2D eigenvalue weighted by atomic mass is 32.2. The second-order valence-electron chi connectivity index (χ2n) is 9.16. The lowest BCUT2D eigenvalue weighted by atomic mass is 9.88. The number of carbonyl (C=O) groups excluding carboxylic acids is 1. The van der Waals surface area contributed by atoms with E-state index in [0.717, 1.165) is 17.1 Å². The van der Waals surface area contributed by atoms with E-state index in [4.69, 9.17) is 14.2 Å². The first-order valence-electron chi connectivity index (χ1n) is 11.0. The molecular weight excluding hydrogens is 424 g/mol. The Morgan fingerprint density at radius 2 is 1.72 bits per heavy atom. The van der Waals surface area contributed by atoms with Crippen LogP contribution < -0.4 is 9.47 Å². The second-order valence-corrected chi connectivity index (χ2v) is 11.0. The Hall–Kier alpha value is -1.76. The highest BCUT2D eigenvalue weighted by Crippen LogP contribution is 2.31. The molecule has 1 aromatic carbocycles. The molecule has 0 heterocycles. The molecule has 5 nitrogen and oxygen atoms in total. The highest BCUT2D eigenvalue weighted by molar-refractivity contribution is 8.14. The molecule has 6 heteroatoms. The van der Waals surface area contributed by atoms with Crippen molar-refractivity contribution in [3.8, 4) is 11.5 Å². The number of carbonyl (C=O) groups is 1. The fourth-order valence-electron chi connectivity index (χ4n) is 3.29. The summed E-state index contributed by atoms with van der Waals surface area (Å²) in [7, 11) is 3.24. The van der Waals surface area contributed by atoms with E-state index in [9.17, 15) is 9.90 Å². The van der Waals surface area contributed by atoms with E-state index in [1.165, 1.54) is 11.8 Å². The third-order valence-electron chi connectivity index (χ3n) is 5.20. The van der Waals surface area contributed by atoms with E-state index < -0.39 is 12.0 Å². The molecule has 1 aromatic rings. The first-order chi connectivity index (χ1) is 14.9. The number of thioether (sulfide) groups is 1. The second kappa shape index (κ2) is 13.1. The summed E-state index contributed by atoms with van der Waals surface area (Å²) in [6.07, 6.45) is 3.05. The largest absolute Gasteiger partial charge is 0.497 e. The van der Waals surface area contributed by atoms with E-state index in [1.807, 2.05) is 65.0 Å². The molecule has 0 unspecified atom stereocenters. The van der Waals surface area contributed by atoms with Gasteiger partial charge in [0.2, 0.25) is 0 Å². The van der Waals surface area contributed by atoms with Gasteiger partial charge >= 0.3 is 0 Å². The average Bonchev–Trinajstić information content (AvgIpc) is 2.74. The van der Waals surface area contributed by atoms with Gasteiger partial charge in [-0.05, 0) is 31.2 Å². The molecular formula is C26H40O5S. The molecule has 1 N–H and O–H groups in total. The normalized spacial score (nSPS) is 17.1. The molecule has 0 bridgehead atoms. The predicted octanol–water partition coefficient (Wildman–Crippen LogP) is 5.67. The number of aliphatic hydroxyl groups is 1. The summed E-state index contributed by atoms with van der Waals surface area (Å²) < 4.78 is 16.7. The smallest absolute Gasteiger partial charge is 0.194 e. The molecule has 1 rings (SSSR count). The van der Waals surface area contributed by atoms with Gasteiger partial charge < -0.3 is 19.3 Å². The average molecular weight is 465 g/mol. The summed E-state index contributed by atoms with van der Waals surface area (Å²) in [6, 6.07) is 7.42. The third kappa shape index (κ3) is 9.39. The lowest BCUT2D eigenvalue weighted by Crippen LogP contribution is -2.37. The van der Waals surface area contributed by atoms with E-state index in [1.54, 1.807) is 27.2 Å². The number of benzene rings is 1. The monoisotopic (exact) mass is 464 g/mol. The first kappa shape index (κ1) is 28.3. The van der Waals surface area contributed by atoms with Crippen LogP contribution >= 0.6 is 11.8 Å². The van der Waals surface area contributed by atoms with Gasteiger partial charge in [-0.25, -0.2) is 0 Å². The maximum absolute atomic E-state index is 12.5. The van der Waals surface area contributed by atoms with Gasteiger partial charge in [0.1, 0.15) is 17.6 Å². The summed E-state index contributed by atoms with van der Waals surface area (Å²) in [5.74, 6) is 0.769. The maximum atomic E-state index is 12.5. The standard InChI is InChI=1S/C26H40O5S/c1-10-20(31-22-13-11-21(29-8)12-14-22)15-17(2)16-23(30-9)18(3)24(27)19(4)25(28)32-26(5,6)7/h10-14,16,18-20,23-24,27H,1,15H2,2-9H3/b17-16+/t18-,19-,20+,23-,24+/m1/s1. The molecule has 32 heavy (non-hydrogen) atoms. The van der Waals surface area contributed by atoms with Crippen LogP contribution in [0.15, 0.2) is 48.6 Å². The van der Waals surface area contributed by atoms with Gasteiger partial charge in [-0.2, -0.15) is 0 Å². The summed E-state index contributed by atoms with van der Waals surface area (Å²) in [6.45, 7) is 15.6. The van der Waals surface area contributed by atoms with Crippen LogP contribution in [0.5, 0.6) is 11.5 Å². The number of aliphatic hydroxyl groups excluding tert-OH is 1. The van der Waals surface area contributed by atoms with E-state index in [-0.39, 0.29) is 28.0 Å². The maximum Gasteiger partial charge on any atom is 0.194 e. The Labute approximate surface area is 198 Å². The van der Waals surface area contributed by atoms with Gasteiger partial charge in [0.05, 0.1) is 25.2 Å². The first-order valence-corrected chi connectivity index (χ1v) is 11.8. The highest BCUT2D eigenvalue weighted by Gasteiger charge is 2.33. The minimum atomic E-state index is -0.808. The molecule has 0 aliphatic carbocycles. The van der Waals surface area contributed by atoms with Crippen molar-refractivity contribution in [1.29, 1.82) is 0 Å². The number of ether oxygens (including phenoxy) is 3. The topological polar surface area (TPSA) is 65.0 Å². The van der Waals surface area contributed by atoms with Crippen molar-refractivity contribution in [2.24, 2.45) is 11.8 Å². The fraction of sp³-hybridized carbons (Fsp3) is 0.577. The van der Waals surface area contributed by atoms with Gasteiger partial charge in [-0.1, -0.05) is 70.7 Å². The quantitative estimate of drug-likeness (QED) is 0.402. The van der Waals surface area contributed by atoms with Crippen LogP contribution in [-0.2, 0) is 9.53 Å². The Balaban J connectivity index is 2.81. The number of hydrogen-bond acceptors (Lipinski definition) is 6. The Morgan fingerprint density at radius 1 is 1.16 bits per heavy atom. The SMILES string of the molecule is C=C[C@@H](C/C(C)=C/[C@@H](OC)[C@@H](C)[C@H](O)[C@@H](C)C(=O)SC(C)(C)C)Oc1ccc(OC)cc1. The molecule has 0 radical (unpaired) electrons. The zero-order valence-electron chi connectivity index (χ0n) is 20.8. The van der Waals surface area contributed by atoms with Crippen molar-refractivity contribution < 1.29 is 24.1 Å². The molecule has 0 aliphatic rings. The van der Waals surface area contributed by atoms with Gasteiger partial charge in [-0.3, -0.25) is 4.79 Å². The minimum Gasteiger partial charge on any atom is -0.497 e. The zero-order valence-corrected chi connectivity index (χ0v) is 21.6. The molecule has 0 fully saturated rings. The summed E-state index contributed by atoms with van der Waals surface area (Å²) in [5.41, 5.74) is 1.05. The van der Waals surface area contributed by atoms with E-state index >= 15 is 0 Å². The van der Waals surface area contributed by atoms with Crippen LogP contribution in [0, 0.1) is 11.8 Å². The summed E-state index contributed by atoms with van der Waals surface area (Å²) >= 11 is 1.27. The number of rotatable bonds is 12. The third-order valence-corrected chi connectivity index (χ3v) is 6.39.